The SMILES string of the molecule is CCN(CC(O)c1ccc(C)cc1)C(=O)C1(S(C)(=O)=O)CCNCC1.Cl. The molecule has 0 radical (unpaired) electrons. The lowest BCUT2D eigenvalue weighted by Crippen LogP contribution is -2.58. The van der Waals surface area contributed by atoms with E-state index in [0.717, 1.165) is 17.4 Å². The summed E-state index contributed by atoms with van der Waals surface area (Å²) in [5, 5.41) is 13.6. The van der Waals surface area contributed by atoms with E-state index in [-0.39, 0.29) is 31.8 Å². The van der Waals surface area contributed by atoms with E-state index < -0.39 is 26.6 Å². The van der Waals surface area contributed by atoms with Crippen LogP contribution in [0.3, 0.4) is 0 Å². The van der Waals surface area contributed by atoms with Crippen molar-refractivity contribution in [3.8, 4) is 0 Å². The van der Waals surface area contributed by atoms with Crippen LogP contribution in [0.1, 0.15) is 37.0 Å². The van der Waals surface area contributed by atoms with Gasteiger partial charge in [-0.2, -0.15) is 0 Å². The summed E-state index contributed by atoms with van der Waals surface area (Å²) in [7, 11) is -3.56. The van der Waals surface area contributed by atoms with E-state index in [1.165, 1.54) is 4.90 Å². The molecule has 1 aliphatic rings. The molecule has 148 valence electrons. The van der Waals surface area contributed by atoms with E-state index in [9.17, 15) is 18.3 Å². The number of likely N-dealkylation sites (N-methyl/N-ethyl adjacent to an activating group) is 1. The van der Waals surface area contributed by atoms with Gasteiger partial charge in [0.25, 0.3) is 0 Å². The lowest BCUT2D eigenvalue weighted by molar-refractivity contribution is -0.136. The molecule has 8 heteroatoms. The summed E-state index contributed by atoms with van der Waals surface area (Å²) in [6, 6.07) is 7.47. The van der Waals surface area contributed by atoms with Crippen molar-refractivity contribution in [3.05, 3.63) is 35.4 Å². The van der Waals surface area contributed by atoms with Gasteiger partial charge in [0.2, 0.25) is 5.91 Å². The highest BCUT2D eigenvalue weighted by Crippen LogP contribution is 2.31. The Morgan fingerprint density at radius 2 is 1.81 bits per heavy atom. The van der Waals surface area contributed by atoms with Crippen LogP contribution in [0.15, 0.2) is 24.3 Å². The minimum absolute atomic E-state index is 0. The number of hydrogen-bond donors (Lipinski definition) is 2. The predicted molar refractivity (Wildman–Crippen MR) is 105 cm³/mol. The largest absolute Gasteiger partial charge is 0.387 e. The number of sulfone groups is 1. The highest BCUT2D eigenvalue weighted by atomic mass is 35.5. The van der Waals surface area contributed by atoms with Crippen molar-refractivity contribution >= 4 is 28.2 Å². The van der Waals surface area contributed by atoms with Gasteiger partial charge in [0.1, 0.15) is 0 Å². The van der Waals surface area contributed by atoms with Crippen LogP contribution in [0.25, 0.3) is 0 Å². The summed E-state index contributed by atoms with van der Waals surface area (Å²) in [5.74, 6) is -0.398. The Labute approximate surface area is 162 Å². The van der Waals surface area contributed by atoms with Crippen molar-refractivity contribution in [2.24, 2.45) is 0 Å². The Kier molecular flexibility index (Phi) is 8.07. The van der Waals surface area contributed by atoms with Crippen LogP contribution < -0.4 is 5.32 Å². The van der Waals surface area contributed by atoms with Gasteiger partial charge in [0.15, 0.2) is 14.6 Å². The van der Waals surface area contributed by atoms with Crippen molar-refractivity contribution in [2.75, 3.05) is 32.4 Å². The van der Waals surface area contributed by atoms with E-state index >= 15 is 0 Å². The summed E-state index contributed by atoms with van der Waals surface area (Å²) >= 11 is 0. The second kappa shape index (κ2) is 9.17. The molecule has 1 atom stereocenters. The molecule has 1 heterocycles. The smallest absolute Gasteiger partial charge is 0.244 e. The monoisotopic (exact) mass is 404 g/mol. The van der Waals surface area contributed by atoms with E-state index in [0.29, 0.717) is 19.6 Å². The van der Waals surface area contributed by atoms with Gasteiger partial charge in [-0.25, -0.2) is 8.42 Å². The first-order valence-electron chi connectivity index (χ1n) is 8.65. The summed E-state index contributed by atoms with van der Waals surface area (Å²) in [5.41, 5.74) is 1.81. The first-order valence-corrected chi connectivity index (χ1v) is 10.5. The number of halogens is 1. The van der Waals surface area contributed by atoms with Crippen molar-refractivity contribution in [1.29, 1.82) is 0 Å². The van der Waals surface area contributed by atoms with Gasteiger partial charge in [0, 0.05) is 12.8 Å². The van der Waals surface area contributed by atoms with Crippen LogP contribution in [0.4, 0.5) is 0 Å². The number of benzene rings is 1. The Hall–Kier alpha value is -1.15. The average molecular weight is 405 g/mol. The van der Waals surface area contributed by atoms with Gasteiger partial charge in [-0.15, -0.1) is 12.4 Å². The first-order chi connectivity index (χ1) is 11.7. The summed E-state index contributed by atoms with van der Waals surface area (Å²) in [6.07, 6.45) is 0.826. The predicted octanol–water partition coefficient (Wildman–Crippen LogP) is 1.47. The van der Waals surface area contributed by atoms with Crippen molar-refractivity contribution < 1.29 is 18.3 Å². The molecule has 2 N–H and O–H groups in total. The Balaban J connectivity index is 0.00000338. The number of carbonyl (C=O) groups excluding carboxylic acids is 1. The fourth-order valence-electron chi connectivity index (χ4n) is 3.32. The van der Waals surface area contributed by atoms with Crippen LogP contribution in [0, 0.1) is 6.92 Å². The summed E-state index contributed by atoms with van der Waals surface area (Å²) in [4.78, 5) is 14.6. The maximum absolute atomic E-state index is 13.1. The van der Waals surface area contributed by atoms with Gasteiger partial charge < -0.3 is 15.3 Å². The zero-order valence-electron chi connectivity index (χ0n) is 15.6. The second-order valence-electron chi connectivity index (χ2n) is 6.79. The third-order valence-corrected chi connectivity index (χ3v) is 7.04. The minimum atomic E-state index is -3.56. The molecule has 1 aromatic rings. The molecule has 1 aromatic carbocycles. The molecule has 0 spiro atoms. The second-order valence-corrected chi connectivity index (χ2v) is 9.11. The number of nitrogens with zero attached hydrogens (tertiary/aromatic N) is 1. The Morgan fingerprint density at radius 1 is 1.27 bits per heavy atom. The number of aliphatic hydroxyl groups is 1. The van der Waals surface area contributed by atoms with Gasteiger partial charge in [-0.05, 0) is 45.3 Å². The molecule has 6 nitrogen and oxygen atoms in total. The molecule has 1 saturated heterocycles. The van der Waals surface area contributed by atoms with Gasteiger partial charge in [-0.1, -0.05) is 29.8 Å². The highest BCUT2D eigenvalue weighted by molar-refractivity contribution is 7.92. The zero-order valence-corrected chi connectivity index (χ0v) is 17.2. The van der Waals surface area contributed by atoms with Crippen LogP contribution in [0.2, 0.25) is 0 Å². The quantitative estimate of drug-likeness (QED) is 0.749. The molecule has 1 aliphatic heterocycles. The van der Waals surface area contributed by atoms with Gasteiger partial charge in [-0.3, -0.25) is 4.79 Å². The molecule has 1 amide bonds. The number of aryl methyl sites for hydroxylation is 1. The number of piperidine rings is 1. The lowest BCUT2D eigenvalue weighted by atomic mass is 9.94. The molecule has 1 fully saturated rings. The summed E-state index contributed by atoms with van der Waals surface area (Å²) < 4.78 is 23.5. The number of amides is 1. The van der Waals surface area contributed by atoms with Crippen LogP contribution in [-0.4, -0.2) is 61.5 Å². The van der Waals surface area contributed by atoms with E-state index in [1.54, 1.807) is 6.92 Å². The average Bonchev–Trinajstić information content (AvgIpc) is 2.59. The molecule has 2 rings (SSSR count). The maximum Gasteiger partial charge on any atom is 0.244 e. The summed E-state index contributed by atoms with van der Waals surface area (Å²) in [6.45, 7) is 5.20. The number of rotatable bonds is 6. The Bertz CT molecular complexity index is 700. The van der Waals surface area contributed by atoms with Gasteiger partial charge >= 0.3 is 0 Å². The molecule has 0 aromatic heterocycles. The fourth-order valence-corrected chi connectivity index (χ4v) is 4.71. The normalized spacial score (nSPS) is 17.8. The number of aliphatic hydroxyl groups excluding tert-OH is 1. The Morgan fingerprint density at radius 3 is 2.27 bits per heavy atom. The van der Waals surface area contributed by atoms with E-state index in [4.69, 9.17) is 0 Å². The third-order valence-electron chi connectivity index (χ3n) is 5.04. The lowest BCUT2D eigenvalue weighted by Gasteiger charge is -2.38. The molecular weight excluding hydrogens is 376 g/mol. The molecular formula is C18H29ClN2O4S. The first kappa shape index (κ1) is 22.9. The molecule has 1 unspecified atom stereocenters. The van der Waals surface area contributed by atoms with Crippen molar-refractivity contribution in [3.63, 3.8) is 0 Å². The highest BCUT2D eigenvalue weighted by Gasteiger charge is 2.50. The standard InChI is InChI=1S/C18H28N2O4S.ClH/c1-4-20(13-16(21)15-7-5-14(2)6-8-15)17(22)18(25(3,23)24)9-11-19-12-10-18;/h5-8,16,19,21H,4,9-13H2,1-3H3;1H. The topological polar surface area (TPSA) is 86.7 Å². The van der Waals surface area contributed by atoms with Crippen LogP contribution >= 0.6 is 12.4 Å². The number of hydrogen-bond acceptors (Lipinski definition) is 5. The zero-order chi connectivity index (χ0) is 18.7. The van der Waals surface area contributed by atoms with E-state index in [2.05, 4.69) is 5.32 Å². The molecule has 0 aliphatic carbocycles. The van der Waals surface area contributed by atoms with E-state index in [1.807, 2.05) is 31.2 Å². The number of nitrogens with one attached hydrogen (secondary N) is 1. The van der Waals surface area contributed by atoms with Crippen molar-refractivity contribution in [2.45, 2.75) is 37.5 Å². The molecule has 26 heavy (non-hydrogen) atoms. The fraction of sp³-hybridized carbons (Fsp3) is 0.611. The molecule has 0 saturated carbocycles. The van der Waals surface area contributed by atoms with Crippen molar-refractivity contribution in [1.82, 2.24) is 10.2 Å². The van der Waals surface area contributed by atoms with Crippen LogP contribution in [-0.2, 0) is 14.6 Å². The van der Waals surface area contributed by atoms with Gasteiger partial charge in [0.05, 0.1) is 12.6 Å². The number of carbonyl (C=O) groups is 1. The molecule has 0 bridgehead atoms. The maximum atomic E-state index is 13.1. The minimum Gasteiger partial charge on any atom is -0.387 e. The third kappa shape index (κ3) is 4.76. The van der Waals surface area contributed by atoms with Crippen LogP contribution in [0.5, 0.6) is 0 Å².